The summed E-state index contributed by atoms with van der Waals surface area (Å²) in [7, 11) is 0. The number of likely N-dealkylation sites (tertiary alicyclic amines) is 1. The van der Waals surface area contributed by atoms with Crippen molar-refractivity contribution in [2.75, 3.05) is 6.54 Å². The Labute approximate surface area is 125 Å². The second kappa shape index (κ2) is 5.38. The van der Waals surface area contributed by atoms with Crippen LogP contribution in [0, 0.1) is 0 Å². The molecule has 2 N–H and O–H groups in total. The van der Waals surface area contributed by atoms with Crippen LogP contribution in [0.2, 0.25) is 5.02 Å². The van der Waals surface area contributed by atoms with Crippen LogP contribution in [0.4, 0.5) is 0 Å². The SMILES string of the molecule is NC1(C(=O)N2CCCC2c2cccc(Cl)c2)CCCC1. The van der Waals surface area contributed by atoms with Crippen LogP contribution >= 0.6 is 11.6 Å². The van der Waals surface area contributed by atoms with Gasteiger partial charge in [0.05, 0.1) is 11.6 Å². The Morgan fingerprint density at radius 1 is 1.30 bits per heavy atom. The molecule has 1 saturated heterocycles. The number of hydrogen-bond donors (Lipinski definition) is 1. The lowest BCUT2D eigenvalue weighted by atomic mass is 9.95. The van der Waals surface area contributed by atoms with Crippen molar-refractivity contribution < 1.29 is 4.79 Å². The standard InChI is InChI=1S/C16H21ClN2O/c17-13-6-3-5-12(11-13)14-7-4-10-19(14)15(20)16(18)8-1-2-9-16/h3,5-6,11,14H,1-2,4,7-10,18H2. The van der Waals surface area contributed by atoms with Gasteiger partial charge in [-0.15, -0.1) is 0 Å². The Kier molecular flexibility index (Phi) is 3.74. The molecule has 1 amide bonds. The molecule has 1 unspecified atom stereocenters. The minimum Gasteiger partial charge on any atom is -0.334 e. The van der Waals surface area contributed by atoms with E-state index in [9.17, 15) is 4.79 Å². The van der Waals surface area contributed by atoms with E-state index in [1.54, 1.807) is 0 Å². The lowest BCUT2D eigenvalue weighted by Crippen LogP contribution is -2.53. The second-order valence-corrected chi connectivity index (χ2v) is 6.51. The minimum absolute atomic E-state index is 0.137. The van der Waals surface area contributed by atoms with Crippen molar-refractivity contribution in [1.29, 1.82) is 0 Å². The number of nitrogens with two attached hydrogens (primary N) is 1. The Morgan fingerprint density at radius 3 is 2.75 bits per heavy atom. The monoisotopic (exact) mass is 292 g/mol. The highest BCUT2D eigenvalue weighted by Gasteiger charge is 2.43. The van der Waals surface area contributed by atoms with E-state index in [1.807, 2.05) is 23.1 Å². The van der Waals surface area contributed by atoms with Crippen molar-refractivity contribution in [2.45, 2.75) is 50.1 Å². The number of benzene rings is 1. The molecule has 2 aliphatic rings. The van der Waals surface area contributed by atoms with Crippen molar-refractivity contribution in [2.24, 2.45) is 5.73 Å². The third-order valence-corrected chi connectivity index (χ3v) is 4.90. The molecule has 3 rings (SSSR count). The molecule has 108 valence electrons. The smallest absolute Gasteiger partial charge is 0.243 e. The number of halogens is 1. The molecular weight excluding hydrogens is 272 g/mol. The molecular formula is C16H21ClN2O. The van der Waals surface area contributed by atoms with E-state index in [2.05, 4.69) is 6.07 Å². The van der Waals surface area contributed by atoms with E-state index >= 15 is 0 Å². The van der Waals surface area contributed by atoms with Crippen LogP contribution in [0.5, 0.6) is 0 Å². The van der Waals surface area contributed by atoms with Gasteiger partial charge in [0.15, 0.2) is 0 Å². The van der Waals surface area contributed by atoms with Crippen molar-refractivity contribution in [3.63, 3.8) is 0 Å². The van der Waals surface area contributed by atoms with Gasteiger partial charge in [-0.1, -0.05) is 36.6 Å². The van der Waals surface area contributed by atoms with Crippen LogP contribution in [0.1, 0.15) is 50.1 Å². The number of carbonyl (C=O) groups is 1. The fourth-order valence-corrected chi connectivity index (χ4v) is 3.77. The summed E-state index contributed by atoms with van der Waals surface area (Å²) in [4.78, 5) is 14.8. The maximum absolute atomic E-state index is 12.8. The maximum Gasteiger partial charge on any atom is 0.243 e. The molecule has 0 spiro atoms. The van der Waals surface area contributed by atoms with Crippen molar-refractivity contribution in [1.82, 2.24) is 4.90 Å². The van der Waals surface area contributed by atoms with E-state index < -0.39 is 5.54 Å². The quantitative estimate of drug-likeness (QED) is 0.909. The molecule has 0 aromatic heterocycles. The van der Waals surface area contributed by atoms with Gasteiger partial charge in [0, 0.05) is 11.6 Å². The van der Waals surface area contributed by atoms with E-state index in [1.165, 1.54) is 0 Å². The number of carbonyl (C=O) groups excluding carboxylic acids is 1. The van der Waals surface area contributed by atoms with Gasteiger partial charge in [0.1, 0.15) is 0 Å². The van der Waals surface area contributed by atoms with E-state index in [4.69, 9.17) is 17.3 Å². The highest BCUT2D eigenvalue weighted by molar-refractivity contribution is 6.30. The van der Waals surface area contributed by atoms with Crippen LogP contribution in [0.3, 0.4) is 0 Å². The summed E-state index contributed by atoms with van der Waals surface area (Å²) in [5.41, 5.74) is 6.84. The first-order chi connectivity index (χ1) is 9.60. The normalized spacial score (nSPS) is 25.1. The van der Waals surface area contributed by atoms with E-state index in [-0.39, 0.29) is 11.9 Å². The number of hydrogen-bond acceptors (Lipinski definition) is 2. The molecule has 1 aromatic carbocycles. The largest absolute Gasteiger partial charge is 0.334 e. The summed E-state index contributed by atoms with van der Waals surface area (Å²) in [6.45, 7) is 0.814. The Bertz CT molecular complexity index is 511. The summed E-state index contributed by atoms with van der Waals surface area (Å²) in [5.74, 6) is 0.137. The van der Waals surface area contributed by atoms with Crippen LogP contribution < -0.4 is 5.73 Å². The van der Waals surface area contributed by atoms with Crippen molar-refractivity contribution in [3.05, 3.63) is 34.9 Å². The summed E-state index contributed by atoms with van der Waals surface area (Å²) in [6, 6.07) is 7.98. The van der Waals surface area contributed by atoms with Gasteiger partial charge in [-0.2, -0.15) is 0 Å². The molecule has 1 aliphatic carbocycles. The predicted molar refractivity (Wildman–Crippen MR) is 80.5 cm³/mol. The molecule has 1 saturated carbocycles. The van der Waals surface area contributed by atoms with Crippen LogP contribution in [-0.4, -0.2) is 22.9 Å². The Balaban J connectivity index is 1.84. The van der Waals surface area contributed by atoms with Crippen LogP contribution in [0.25, 0.3) is 0 Å². The number of amides is 1. The van der Waals surface area contributed by atoms with Crippen molar-refractivity contribution in [3.8, 4) is 0 Å². The molecule has 0 bridgehead atoms. The molecule has 3 nitrogen and oxygen atoms in total. The minimum atomic E-state index is -0.624. The highest BCUT2D eigenvalue weighted by Crippen LogP contribution is 2.37. The molecule has 20 heavy (non-hydrogen) atoms. The fourth-order valence-electron chi connectivity index (χ4n) is 3.58. The fraction of sp³-hybridized carbons (Fsp3) is 0.562. The van der Waals surface area contributed by atoms with Gasteiger partial charge >= 0.3 is 0 Å². The summed E-state index contributed by atoms with van der Waals surface area (Å²) in [6.07, 6.45) is 5.83. The number of nitrogens with zero attached hydrogens (tertiary/aromatic N) is 1. The van der Waals surface area contributed by atoms with Gasteiger partial charge in [0.2, 0.25) is 5.91 Å². The van der Waals surface area contributed by atoms with Gasteiger partial charge in [-0.3, -0.25) is 4.79 Å². The lowest BCUT2D eigenvalue weighted by Gasteiger charge is -2.33. The average Bonchev–Trinajstić information content (AvgIpc) is 3.07. The molecule has 2 fully saturated rings. The second-order valence-electron chi connectivity index (χ2n) is 6.07. The highest BCUT2D eigenvalue weighted by atomic mass is 35.5. The predicted octanol–water partition coefficient (Wildman–Crippen LogP) is 3.28. The van der Waals surface area contributed by atoms with E-state index in [0.29, 0.717) is 0 Å². The lowest BCUT2D eigenvalue weighted by molar-refractivity contribution is -0.137. The van der Waals surface area contributed by atoms with Gasteiger partial charge in [-0.05, 0) is 43.4 Å². The maximum atomic E-state index is 12.8. The third kappa shape index (κ3) is 2.45. The number of rotatable bonds is 2. The molecule has 1 aliphatic heterocycles. The van der Waals surface area contributed by atoms with Crippen LogP contribution in [0.15, 0.2) is 24.3 Å². The van der Waals surface area contributed by atoms with Gasteiger partial charge < -0.3 is 10.6 Å². The molecule has 4 heteroatoms. The first kappa shape index (κ1) is 13.9. The summed E-state index contributed by atoms with van der Waals surface area (Å²) in [5, 5.41) is 0.727. The molecule has 1 atom stereocenters. The van der Waals surface area contributed by atoms with Crippen LogP contribution in [-0.2, 0) is 4.79 Å². The van der Waals surface area contributed by atoms with Crippen molar-refractivity contribution >= 4 is 17.5 Å². The molecule has 1 aromatic rings. The summed E-state index contributed by atoms with van der Waals surface area (Å²) >= 11 is 6.08. The molecule has 0 radical (unpaired) electrons. The zero-order valence-corrected chi connectivity index (χ0v) is 12.4. The van der Waals surface area contributed by atoms with E-state index in [0.717, 1.165) is 55.7 Å². The topological polar surface area (TPSA) is 46.3 Å². The first-order valence-corrected chi connectivity index (χ1v) is 7.83. The Hall–Kier alpha value is -1.06. The van der Waals surface area contributed by atoms with Gasteiger partial charge in [0.25, 0.3) is 0 Å². The first-order valence-electron chi connectivity index (χ1n) is 7.46. The summed E-state index contributed by atoms with van der Waals surface area (Å²) < 4.78 is 0. The third-order valence-electron chi connectivity index (χ3n) is 4.67. The van der Waals surface area contributed by atoms with Gasteiger partial charge in [-0.25, -0.2) is 0 Å². The Morgan fingerprint density at radius 2 is 2.05 bits per heavy atom. The zero-order valence-electron chi connectivity index (χ0n) is 11.6. The average molecular weight is 293 g/mol. The molecule has 1 heterocycles. The zero-order chi connectivity index (χ0) is 14.2.